The minimum absolute atomic E-state index is 0.00419. The summed E-state index contributed by atoms with van der Waals surface area (Å²) in [6.07, 6.45) is 65.6. The number of hydrogen-bond acceptors (Lipinski definition) is 10. The van der Waals surface area contributed by atoms with E-state index in [0.29, 0.717) is 52.5 Å². The highest BCUT2D eigenvalue weighted by Gasteiger charge is 2.15. The maximum Gasteiger partial charge on any atom is 0.307 e. The van der Waals surface area contributed by atoms with E-state index in [0.717, 1.165) is 39.3 Å². The van der Waals surface area contributed by atoms with Gasteiger partial charge in [0.1, 0.15) is 13.2 Å². The van der Waals surface area contributed by atoms with E-state index in [4.69, 9.17) is 9.47 Å². The van der Waals surface area contributed by atoms with Crippen molar-refractivity contribution >= 4 is 11.9 Å². The number of aliphatic hydroxyl groups is 2. The van der Waals surface area contributed by atoms with Gasteiger partial charge in [-0.3, -0.25) is 29.2 Å². The molecular formula is C72H146N4O6. The molecule has 0 spiro atoms. The summed E-state index contributed by atoms with van der Waals surface area (Å²) < 4.78 is 11.7. The van der Waals surface area contributed by atoms with Gasteiger partial charge in [0.05, 0.1) is 26.1 Å². The molecule has 0 radical (unpaired) electrons. The molecule has 0 atom stereocenters. The molecule has 0 fully saturated rings. The summed E-state index contributed by atoms with van der Waals surface area (Å²) in [5.74, 6) is -0.370. The number of ether oxygens (including phenoxy) is 2. The van der Waals surface area contributed by atoms with E-state index in [1.165, 1.54) is 308 Å². The number of hydrogen-bond donors (Lipinski definition) is 2. The standard InChI is InChI=1S/C72H146N4O6/c1-5-9-13-17-21-25-29-33-37-41-45-49-55-73(56-50-46-42-38-34-30-26-22-18-14-10-6-2)65-69-81-71(79)53-59-75(63-67-77)61-62-76(64-68-78)60-54-72(80)82-70-66-74(57-51-47-43-39-35-31-27-23-19-15-11-7-3)58-52-48-44-40-36-32-28-24-20-16-12-8-4/h77-78H,5-70H2,1-4H3. The fraction of sp³-hybridized carbons (Fsp3) is 0.972. The van der Waals surface area contributed by atoms with E-state index in [1.54, 1.807) is 0 Å². The van der Waals surface area contributed by atoms with Crippen LogP contribution in [0.25, 0.3) is 0 Å². The summed E-state index contributed by atoms with van der Waals surface area (Å²) in [6, 6.07) is 0. The lowest BCUT2D eigenvalue weighted by Crippen LogP contribution is -2.40. The third-order valence-corrected chi connectivity index (χ3v) is 17.5. The molecule has 0 unspecified atom stereocenters. The second-order valence-electron chi connectivity index (χ2n) is 25.3. The lowest BCUT2D eigenvalue weighted by atomic mass is 10.0. The third-order valence-electron chi connectivity index (χ3n) is 17.5. The largest absolute Gasteiger partial charge is 0.464 e. The van der Waals surface area contributed by atoms with Crippen LogP contribution in [-0.2, 0) is 19.1 Å². The Morgan fingerprint density at radius 2 is 0.415 bits per heavy atom. The minimum atomic E-state index is -0.185. The van der Waals surface area contributed by atoms with Crippen LogP contribution >= 0.6 is 0 Å². The molecule has 490 valence electrons. The van der Waals surface area contributed by atoms with Crippen molar-refractivity contribution in [2.75, 3.05) is 105 Å². The van der Waals surface area contributed by atoms with Crippen LogP contribution in [-0.4, -0.2) is 147 Å². The van der Waals surface area contributed by atoms with E-state index in [9.17, 15) is 19.8 Å². The van der Waals surface area contributed by atoms with Crippen molar-refractivity contribution in [1.82, 2.24) is 19.6 Å². The van der Waals surface area contributed by atoms with Crippen molar-refractivity contribution in [3.63, 3.8) is 0 Å². The third kappa shape index (κ3) is 61.8. The molecule has 10 nitrogen and oxygen atoms in total. The van der Waals surface area contributed by atoms with Gasteiger partial charge in [-0.1, -0.05) is 310 Å². The molecule has 0 aliphatic heterocycles. The Kier molecular flexibility index (Phi) is 67.7. The first-order valence-electron chi connectivity index (χ1n) is 36.9. The molecule has 0 bridgehead atoms. The van der Waals surface area contributed by atoms with Gasteiger partial charge in [0.15, 0.2) is 0 Å². The fourth-order valence-electron chi connectivity index (χ4n) is 11.8. The molecule has 0 rings (SSSR count). The minimum Gasteiger partial charge on any atom is -0.464 e. The zero-order valence-corrected chi connectivity index (χ0v) is 56.0. The van der Waals surface area contributed by atoms with Gasteiger partial charge in [0.25, 0.3) is 0 Å². The van der Waals surface area contributed by atoms with Gasteiger partial charge < -0.3 is 19.7 Å². The Bertz CT molecular complexity index is 1100. The van der Waals surface area contributed by atoms with Crippen LogP contribution in [0, 0.1) is 0 Å². The van der Waals surface area contributed by atoms with Crippen molar-refractivity contribution in [3.05, 3.63) is 0 Å². The SMILES string of the molecule is CCCCCCCCCCCCCCN(CCCCCCCCCCCCCC)CCOC(=O)CCN(CCO)CCN(CCO)CCC(=O)OCCN(CCCCCCCCCCCCCC)CCCCCCCCCCCCCC. The van der Waals surface area contributed by atoms with Crippen molar-refractivity contribution in [2.24, 2.45) is 0 Å². The molecule has 0 heterocycles. The highest BCUT2D eigenvalue weighted by atomic mass is 16.5. The van der Waals surface area contributed by atoms with Gasteiger partial charge in [-0.05, 0) is 51.9 Å². The van der Waals surface area contributed by atoms with Gasteiger partial charge in [-0.15, -0.1) is 0 Å². The Balaban J connectivity index is 4.88. The molecule has 0 saturated carbocycles. The number of carbonyl (C=O) groups is 2. The first kappa shape index (κ1) is 80.7. The van der Waals surface area contributed by atoms with Crippen molar-refractivity contribution in [3.8, 4) is 0 Å². The van der Waals surface area contributed by atoms with Crippen LogP contribution in [0.5, 0.6) is 0 Å². The first-order valence-corrected chi connectivity index (χ1v) is 36.9. The second-order valence-corrected chi connectivity index (χ2v) is 25.3. The van der Waals surface area contributed by atoms with Gasteiger partial charge in [-0.25, -0.2) is 0 Å². The Hall–Kier alpha value is -1.30. The molecular weight excluding hydrogens is 1020 g/mol. The molecule has 0 aromatic heterocycles. The van der Waals surface area contributed by atoms with Gasteiger partial charge in [-0.2, -0.15) is 0 Å². The summed E-state index contributed by atoms with van der Waals surface area (Å²) >= 11 is 0. The monoisotopic (exact) mass is 1160 g/mol. The van der Waals surface area contributed by atoms with Crippen LogP contribution < -0.4 is 0 Å². The summed E-state index contributed by atoms with van der Waals surface area (Å²) in [4.78, 5) is 35.5. The molecule has 2 N–H and O–H groups in total. The molecule has 0 aromatic rings. The Morgan fingerprint density at radius 1 is 0.232 bits per heavy atom. The molecule has 0 aliphatic rings. The highest BCUT2D eigenvalue weighted by molar-refractivity contribution is 5.69. The van der Waals surface area contributed by atoms with Gasteiger partial charge in [0.2, 0.25) is 0 Å². The topological polar surface area (TPSA) is 106 Å². The predicted octanol–water partition coefficient (Wildman–Crippen LogP) is 18.8. The van der Waals surface area contributed by atoms with E-state index in [-0.39, 0.29) is 38.0 Å². The van der Waals surface area contributed by atoms with E-state index >= 15 is 0 Å². The van der Waals surface area contributed by atoms with E-state index in [2.05, 4.69) is 47.3 Å². The normalized spacial score (nSPS) is 11.9. The lowest BCUT2D eigenvalue weighted by Gasteiger charge is -2.27. The summed E-state index contributed by atoms with van der Waals surface area (Å²) in [7, 11) is 0. The molecule has 10 heteroatoms. The zero-order chi connectivity index (χ0) is 59.5. The average molecular weight is 1160 g/mol. The zero-order valence-electron chi connectivity index (χ0n) is 56.0. The molecule has 0 saturated heterocycles. The highest BCUT2D eigenvalue weighted by Crippen LogP contribution is 2.17. The van der Waals surface area contributed by atoms with Crippen molar-refractivity contribution in [2.45, 2.75) is 349 Å². The lowest BCUT2D eigenvalue weighted by molar-refractivity contribution is -0.145. The second kappa shape index (κ2) is 68.8. The Morgan fingerprint density at radius 3 is 0.610 bits per heavy atom. The maximum absolute atomic E-state index is 13.1. The van der Waals surface area contributed by atoms with Gasteiger partial charge in [0, 0.05) is 52.4 Å². The summed E-state index contributed by atoms with van der Waals surface area (Å²) in [5, 5.41) is 19.9. The van der Waals surface area contributed by atoms with E-state index in [1.807, 2.05) is 0 Å². The molecule has 0 amide bonds. The molecule has 0 aromatic carbocycles. The number of rotatable bonds is 71. The van der Waals surface area contributed by atoms with Crippen LogP contribution in [0.15, 0.2) is 0 Å². The van der Waals surface area contributed by atoms with E-state index < -0.39 is 0 Å². The summed E-state index contributed by atoms with van der Waals surface area (Å²) in [6.45, 7) is 19.1. The van der Waals surface area contributed by atoms with Crippen molar-refractivity contribution in [1.29, 1.82) is 0 Å². The molecule has 82 heavy (non-hydrogen) atoms. The van der Waals surface area contributed by atoms with Crippen LogP contribution in [0.4, 0.5) is 0 Å². The number of nitrogens with zero attached hydrogens (tertiary/aromatic N) is 4. The van der Waals surface area contributed by atoms with Crippen molar-refractivity contribution < 1.29 is 29.3 Å². The van der Waals surface area contributed by atoms with Crippen LogP contribution in [0.2, 0.25) is 0 Å². The quantitative estimate of drug-likeness (QED) is 0.0452. The maximum atomic E-state index is 13.1. The smallest absolute Gasteiger partial charge is 0.307 e. The van der Waals surface area contributed by atoms with Crippen LogP contribution in [0.1, 0.15) is 349 Å². The Labute approximate surface area is 512 Å². The number of esters is 2. The fourth-order valence-corrected chi connectivity index (χ4v) is 11.8. The number of unbranched alkanes of at least 4 members (excludes halogenated alkanes) is 44. The molecule has 0 aliphatic carbocycles. The number of carbonyl (C=O) groups excluding carboxylic acids is 2. The number of aliphatic hydroxyl groups excluding tert-OH is 2. The average Bonchev–Trinajstić information content (AvgIpc) is 3.47. The van der Waals surface area contributed by atoms with Gasteiger partial charge >= 0.3 is 11.9 Å². The first-order chi connectivity index (χ1) is 40.4. The summed E-state index contributed by atoms with van der Waals surface area (Å²) in [5.41, 5.74) is 0. The predicted molar refractivity (Wildman–Crippen MR) is 355 cm³/mol. The van der Waals surface area contributed by atoms with Crippen LogP contribution in [0.3, 0.4) is 0 Å².